The average molecular weight is 251 g/mol. The lowest BCUT2D eigenvalue weighted by Gasteiger charge is -2.15. The molecule has 0 radical (unpaired) electrons. The number of rotatable bonds is 1. The van der Waals surface area contributed by atoms with Crippen LogP contribution in [0.3, 0.4) is 0 Å². The molecule has 0 unspecified atom stereocenters. The second-order valence-corrected chi connectivity index (χ2v) is 4.14. The normalized spacial score (nSPS) is 12.8. The van der Waals surface area contributed by atoms with Crippen LogP contribution in [0.4, 0.5) is 0 Å². The van der Waals surface area contributed by atoms with E-state index in [1.165, 1.54) is 0 Å². The van der Waals surface area contributed by atoms with Gasteiger partial charge in [0.15, 0.2) is 5.52 Å². The molecule has 0 amide bonds. The van der Waals surface area contributed by atoms with Crippen LogP contribution >= 0.6 is 0 Å². The second kappa shape index (κ2) is 3.91. The Hall–Kier alpha value is -2.69. The maximum Gasteiger partial charge on any atom is 0.323 e. The summed E-state index contributed by atoms with van der Waals surface area (Å²) < 4.78 is 10.6. The van der Waals surface area contributed by atoms with E-state index in [0.29, 0.717) is 17.4 Å². The number of benzene rings is 1. The third kappa shape index (κ3) is 1.59. The van der Waals surface area contributed by atoms with Crippen molar-refractivity contribution in [2.45, 2.75) is 0 Å². The molecule has 1 aliphatic rings. The first-order chi connectivity index (χ1) is 9.42. The van der Waals surface area contributed by atoms with Gasteiger partial charge in [-0.1, -0.05) is 30.3 Å². The summed E-state index contributed by atoms with van der Waals surface area (Å²) in [6.07, 6.45) is 1.74. The molecular formula is C14H9N3O2. The van der Waals surface area contributed by atoms with Crippen LogP contribution in [0.25, 0.3) is 22.2 Å². The molecule has 1 aromatic carbocycles. The fourth-order valence-corrected chi connectivity index (χ4v) is 2.14. The minimum absolute atomic E-state index is 0.133. The Labute approximate surface area is 108 Å². The monoisotopic (exact) mass is 251 g/mol. The van der Waals surface area contributed by atoms with E-state index >= 15 is 0 Å². The largest absolute Gasteiger partial charge is 0.438 e. The summed E-state index contributed by atoms with van der Waals surface area (Å²) >= 11 is 0. The summed E-state index contributed by atoms with van der Waals surface area (Å²) in [6, 6.07) is 12.3. The quantitative estimate of drug-likeness (QED) is 0.664. The van der Waals surface area contributed by atoms with Gasteiger partial charge >= 0.3 is 6.01 Å². The van der Waals surface area contributed by atoms with Crippen LogP contribution in [0.2, 0.25) is 0 Å². The summed E-state index contributed by atoms with van der Waals surface area (Å²) in [5.74, 6) is 0.476. The van der Waals surface area contributed by atoms with E-state index in [9.17, 15) is 0 Å². The second-order valence-electron chi connectivity index (χ2n) is 4.14. The molecule has 3 heterocycles. The lowest BCUT2D eigenvalue weighted by Crippen LogP contribution is -2.15. The third-order valence-corrected chi connectivity index (χ3v) is 3.00. The van der Waals surface area contributed by atoms with Crippen molar-refractivity contribution in [2.24, 2.45) is 0 Å². The molecule has 5 heteroatoms. The van der Waals surface area contributed by atoms with Gasteiger partial charge in [0, 0.05) is 11.8 Å². The van der Waals surface area contributed by atoms with Crippen LogP contribution in [0.1, 0.15) is 0 Å². The number of nitrogens with zero attached hydrogens (tertiary/aromatic N) is 3. The van der Waals surface area contributed by atoms with Gasteiger partial charge in [0.25, 0.3) is 0 Å². The van der Waals surface area contributed by atoms with Crippen molar-refractivity contribution in [2.75, 3.05) is 6.79 Å². The summed E-state index contributed by atoms with van der Waals surface area (Å²) in [5.41, 5.74) is 3.47. The van der Waals surface area contributed by atoms with E-state index in [1.54, 1.807) is 6.20 Å². The van der Waals surface area contributed by atoms with Gasteiger partial charge in [0.2, 0.25) is 12.7 Å². The maximum atomic E-state index is 5.35. The molecule has 0 fully saturated rings. The van der Waals surface area contributed by atoms with Gasteiger partial charge in [0.1, 0.15) is 5.52 Å². The van der Waals surface area contributed by atoms with E-state index in [0.717, 1.165) is 16.6 Å². The Morgan fingerprint density at radius 2 is 1.79 bits per heavy atom. The molecule has 2 bridgehead atoms. The fourth-order valence-electron chi connectivity index (χ4n) is 2.14. The molecule has 0 atom stereocenters. The predicted octanol–water partition coefficient (Wildman–Crippen LogP) is 2.42. The van der Waals surface area contributed by atoms with E-state index in [1.807, 2.05) is 36.4 Å². The zero-order chi connectivity index (χ0) is 12.7. The summed E-state index contributed by atoms with van der Waals surface area (Å²) in [7, 11) is 0. The Balaban J connectivity index is 2.05. The Bertz CT molecular complexity index is 759. The standard InChI is InChI=1S/C14H9N3O2/c1-2-4-9(5-3-1)10-6-7-15-12-11(10)16-14-17-13(12)18-8-19-14/h1-7H,8H2. The van der Waals surface area contributed by atoms with Crippen LogP contribution in [0.5, 0.6) is 11.9 Å². The first-order valence-corrected chi connectivity index (χ1v) is 5.89. The van der Waals surface area contributed by atoms with E-state index < -0.39 is 0 Å². The van der Waals surface area contributed by atoms with Crippen molar-refractivity contribution >= 4 is 11.0 Å². The van der Waals surface area contributed by atoms with Crippen LogP contribution in [-0.4, -0.2) is 21.7 Å². The molecule has 0 N–H and O–H groups in total. The first kappa shape index (κ1) is 10.3. The predicted molar refractivity (Wildman–Crippen MR) is 68.9 cm³/mol. The molecule has 0 saturated carbocycles. The Morgan fingerprint density at radius 3 is 2.68 bits per heavy atom. The minimum Gasteiger partial charge on any atom is -0.438 e. The van der Waals surface area contributed by atoms with Crippen LogP contribution in [-0.2, 0) is 0 Å². The molecule has 4 rings (SSSR count). The van der Waals surface area contributed by atoms with Gasteiger partial charge in [-0.25, -0.2) is 4.98 Å². The highest BCUT2D eigenvalue weighted by Gasteiger charge is 2.18. The summed E-state index contributed by atoms with van der Waals surface area (Å²) in [5, 5.41) is 0. The van der Waals surface area contributed by atoms with Crippen molar-refractivity contribution in [1.82, 2.24) is 15.0 Å². The van der Waals surface area contributed by atoms with Crippen LogP contribution < -0.4 is 9.47 Å². The van der Waals surface area contributed by atoms with Crippen molar-refractivity contribution < 1.29 is 9.47 Å². The third-order valence-electron chi connectivity index (χ3n) is 3.00. The fraction of sp³-hybridized carbons (Fsp3) is 0.0714. The Kier molecular flexibility index (Phi) is 2.11. The highest BCUT2D eigenvalue weighted by Crippen LogP contribution is 2.32. The van der Waals surface area contributed by atoms with Crippen molar-refractivity contribution in [3.63, 3.8) is 0 Å². The zero-order valence-electron chi connectivity index (χ0n) is 9.91. The van der Waals surface area contributed by atoms with Gasteiger partial charge in [-0.15, -0.1) is 0 Å². The molecule has 1 aliphatic heterocycles. The van der Waals surface area contributed by atoms with E-state index in [-0.39, 0.29) is 6.79 Å². The average Bonchev–Trinajstić information content (AvgIpc) is 2.48. The molecule has 2 aromatic heterocycles. The topological polar surface area (TPSA) is 57.1 Å². The first-order valence-electron chi connectivity index (χ1n) is 5.89. The molecule has 0 spiro atoms. The van der Waals surface area contributed by atoms with Crippen LogP contribution in [0.15, 0.2) is 42.6 Å². The van der Waals surface area contributed by atoms with E-state index in [4.69, 9.17) is 9.47 Å². The number of hydrogen-bond donors (Lipinski definition) is 0. The molecule has 0 aliphatic carbocycles. The number of hydrogen-bond acceptors (Lipinski definition) is 5. The minimum atomic E-state index is 0.133. The molecule has 19 heavy (non-hydrogen) atoms. The smallest absolute Gasteiger partial charge is 0.323 e. The van der Waals surface area contributed by atoms with E-state index in [2.05, 4.69) is 15.0 Å². The Morgan fingerprint density at radius 1 is 0.895 bits per heavy atom. The molecule has 0 saturated heterocycles. The SMILES string of the molecule is c1ccc(-c2ccnc3c4nc(nc23)OCO4)cc1. The number of ether oxygens (including phenoxy) is 2. The molecule has 5 nitrogen and oxygen atoms in total. The zero-order valence-corrected chi connectivity index (χ0v) is 9.91. The van der Waals surface area contributed by atoms with Gasteiger partial charge in [-0.05, 0) is 11.6 Å². The summed E-state index contributed by atoms with van der Waals surface area (Å²) in [6.45, 7) is 0.133. The van der Waals surface area contributed by atoms with Gasteiger partial charge in [-0.3, -0.25) is 0 Å². The highest BCUT2D eigenvalue weighted by atomic mass is 16.7. The van der Waals surface area contributed by atoms with Crippen molar-refractivity contribution in [1.29, 1.82) is 0 Å². The number of aromatic nitrogens is 3. The van der Waals surface area contributed by atoms with Gasteiger partial charge in [0.05, 0.1) is 0 Å². The van der Waals surface area contributed by atoms with Crippen LogP contribution in [0, 0.1) is 0 Å². The highest BCUT2D eigenvalue weighted by molar-refractivity contribution is 5.93. The molecule has 3 aromatic rings. The molecule has 92 valence electrons. The number of fused-ring (bicyclic) bond motifs is 4. The van der Waals surface area contributed by atoms with Gasteiger partial charge in [-0.2, -0.15) is 9.97 Å². The number of pyridine rings is 1. The van der Waals surface area contributed by atoms with Gasteiger partial charge < -0.3 is 9.47 Å². The van der Waals surface area contributed by atoms with Crippen molar-refractivity contribution in [3.8, 4) is 23.0 Å². The maximum absolute atomic E-state index is 5.35. The lowest BCUT2D eigenvalue weighted by molar-refractivity contribution is 0.0845. The van der Waals surface area contributed by atoms with Crippen molar-refractivity contribution in [3.05, 3.63) is 42.6 Å². The summed E-state index contributed by atoms with van der Waals surface area (Å²) in [4.78, 5) is 12.8. The lowest BCUT2D eigenvalue weighted by atomic mass is 10.1. The molecular weight excluding hydrogens is 242 g/mol.